The highest BCUT2D eigenvalue weighted by atomic mass is 35.5. The number of hydrogen-bond acceptors (Lipinski definition) is 5. The standard InChI is InChI=1S/C18H9ClF6N2O2.C9H7ClN2O.C8H6ClNO/c19-11-1-2-14-12(6-11)13(16(29)27-14)7-26-15(28)8-3-9(17(20,21)22)5-10(4-8)18(23,24)25;10-5-1-2-8-6(3-5)7(4-11)9(13)12-8;9-6-1-2-7-5(3-6)4-8(11)10-7/h1-7,27,29H;1-4,11-13H;1-3H,4H2,(H,10,11). The van der Waals surface area contributed by atoms with Crippen molar-refractivity contribution in [1.29, 1.82) is 5.41 Å². The van der Waals surface area contributed by atoms with Gasteiger partial charge in [-0.2, -0.15) is 26.3 Å². The fourth-order valence-electron chi connectivity index (χ4n) is 5.09. The molecule has 1 aliphatic heterocycles. The third-order valence-corrected chi connectivity index (χ3v) is 8.25. The van der Waals surface area contributed by atoms with E-state index in [9.17, 15) is 46.1 Å². The van der Waals surface area contributed by atoms with E-state index in [1.54, 1.807) is 24.3 Å². The summed E-state index contributed by atoms with van der Waals surface area (Å²) in [6.45, 7) is 0. The molecule has 53 heavy (non-hydrogen) atoms. The number of aromatic amines is 2. The van der Waals surface area contributed by atoms with Gasteiger partial charge in [-0.1, -0.05) is 34.8 Å². The maximum absolute atomic E-state index is 12.9. The number of fused-ring (bicyclic) bond motifs is 3. The maximum atomic E-state index is 12.9. The van der Waals surface area contributed by atoms with Crippen LogP contribution in [0, 0.1) is 5.41 Å². The predicted octanol–water partition coefficient (Wildman–Crippen LogP) is 10.2. The summed E-state index contributed by atoms with van der Waals surface area (Å²) in [5, 5.41) is 31.8. The van der Waals surface area contributed by atoms with E-state index in [0.717, 1.165) is 34.6 Å². The van der Waals surface area contributed by atoms with Gasteiger partial charge in [0, 0.05) is 60.6 Å². The number of anilines is 1. The van der Waals surface area contributed by atoms with Gasteiger partial charge in [-0.3, -0.25) is 9.59 Å². The van der Waals surface area contributed by atoms with Gasteiger partial charge in [-0.05, 0) is 78.4 Å². The van der Waals surface area contributed by atoms with Crippen LogP contribution in [-0.2, 0) is 23.6 Å². The van der Waals surface area contributed by atoms with E-state index in [-0.39, 0.29) is 35.5 Å². The molecule has 4 aromatic carbocycles. The molecule has 274 valence electrons. The Balaban J connectivity index is 0.000000183. The quantitative estimate of drug-likeness (QED) is 0.0779. The summed E-state index contributed by atoms with van der Waals surface area (Å²) < 4.78 is 77.4. The number of aromatic nitrogens is 2. The fourth-order valence-corrected chi connectivity index (χ4v) is 5.63. The summed E-state index contributed by atoms with van der Waals surface area (Å²) in [7, 11) is 0. The number of nitrogens with one attached hydrogen (secondary N) is 4. The molecule has 3 heterocycles. The van der Waals surface area contributed by atoms with Crippen LogP contribution >= 0.6 is 34.8 Å². The van der Waals surface area contributed by atoms with Crippen molar-refractivity contribution in [3.63, 3.8) is 0 Å². The Morgan fingerprint density at radius 3 is 1.75 bits per heavy atom. The Morgan fingerprint density at radius 1 is 0.736 bits per heavy atom. The van der Waals surface area contributed by atoms with E-state index < -0.39 is 40.8 Å². The lowest BCUT2D eigenvalue weighted by Crippen LogP contribution is -2.13. The summed E-state index contributed by atoms with van der Waals surface area (Å²) in [5.74, 6) is -1.70. The van der Waals surface area contributed by atoms with Crippen molar-refractivity contribution in [2.75, 3.05) is 5.32 Å². The Labute approximate surface area is 309 Å². The van der Waals surface area contributed by atoms with Crippen LogP contribution < -0.4 is 5.32 Å². The van der Waals surface area contributed by atoms with E-state index in [2.05, 4.69) is 20.3 Å². The number of carbonyl (C=O) groups excluding carboxylic acids is 2. The Hall–Kier alpha value is -5.51. The van der Waals surface area contributed by atoms with Crippen molar-refractivity contribution in [2.24, 2.45) is 4.99 Å². The summed E-state index contributed by atoms with van der Waals surface area (Å²) in [5.41, 5.74) is -0.612. The number of aliphatic imine (C=N–C) groups is 1. The molecule has 1 aliphatic rings. The van der Waals surface area contributed by atoms with Crippen LogP contribution in [0.1, 0.15) is 38.2 Å². The lowest BCUT2D eigenvalue weighted by atomic mass is 10.0. The first kappa shape index (κ1) is 38.7. The fraction of sp³-hybridized carbons (Fsp3) is 0.0857. The van der Waals surface area contributed by atoms with Crippen LogP contribution in [0.5, 0.6) is 11.8 Å². The number of benzene rings is 4. The van der Waals surface area contributed by atoms with Crippen molar-refractivity contribution >= 4 is 86.5 Å². The molecule has 0 unspecified atom stereocenters. The summed E-state index contributed by atoms with van der Waals surface area (Å²) >= 11 is 17.4. The van der Waals surface area contributed by atoms with Gasteiger partial charge in [0.2, 0.25) is 5.91 Å². The van der Waals surface area contributed by atoms with Crippen molar-refractivity contribution in [3.05, 3.63) is 121 Å². The molecule has 0 saturated heterocycles. The number of nitrogens with zero attached hydrogens (tertiary/aromatic N) is 1. The van der Waals surface area contributed by atoms with Gasteiger partial charge in [0.05, 0.1) is 28.7 Å². The Bertz CT molecular complexity index is 2390. The summed E-state index contributed by atoms with van der Waals surface area (Å²) in [6.07, 6.45) is -7.79. The van der Waals surface area contributed by atoms with Gasteiger partial charge in [-0.15, -0.1) is 0 Å². The molecule has 9 nitrogen and oxygen atoms in total. The summed E-state index contributed by atoms with van der Waals surface area (Å²) in [4.78, 5) is 31.7. The number of aromatic hydroxyl groups is 2. The molecule has 2 amide bonds. The van der Waals surface area contributed by atoms with Gasteiger partial charge in [0.1, 0.15) is 0 Å². The monoisotopic (exact) mass is 795 g/mol. The Morgan fingerprint density at radius 2 is 1.23 bits per heavy atom. The highest BCUT2D eigenvalue weighted by Crippen LogP contribution is 2.37. The van der Waals surface area contributed by atoms with Crippen molar-refractivity contribution < 1.29 is 46.1 Å². The van der Waals surface area contributed by atoms with Gasteiger partial charge >= 0.3 is 12.4 Å². The van der Waals surface area contributed by atoms with Crippen LogP contribution in [0.4, 0.5) is 32.0 Å². The highest BCUT2D eigenvalue weighted by Gasteiger charge is 2.37. The molecule has 0 radical (unpaired) electrons. The normalized spacial score (nSPS) is 12.6. The van der Waals surface area contributed by atoms with Gasteiger partial charge in [-0.25, -0.2) is 4.99 Å². The minimum absolute atomic E-state index is 0.00105. The zero-order valence-corrected chi connectivity index (χ0v) is 28.6. The molecular weight excluding hydrogens is 775 g/mol. The zero-order valence-electron chi connectivity index (χ0n) is 26.3. The number of carbonyl (C=O) groups is 2. The molecule has 0 saturated carbocycles. The number of alkyl halides is 6. The smallest absolute Gasteiger partial charge is 0.416 e. The third kappa shape index (κ3) is 9.11. The molecular formula is C35H22Cl3F6N5O4. The number of rotatable bonds is 3. The van der Waals surface area contributed by atoms with Crippen LogP contribution in [0.3, 0.4) is 0 Å². The molecule has 7 rings (SSSR count). The minimum atomic E-state index is -5.09. The summed E-state index contributed by atoms with van der Waals surface area (Å²) in [6, 6.07) is 15.6. The molecule has 0 atom stereocenters. The highest BCUT2D eigenvalue weighted by molar-refractivity contribution is 6.32. The van der Waals surface area contributed by atoms with Gasteiger partial charge < -0.3 is 30.9 Å². The average molecular weight is 797 g/mol. The van der Waals surface area contributed by atoms with Gasteiger partial charge in [0.15, 0.2) is 11.8 Å². The van der Waals surface area contributed by atoms with E-state index in [4.69, 9.17) is 40.2 Å². The first-order chi connectivity index (χ1) is 24.8. The first-order valence-electron chi connectivity index (χ1n) is 14.8. The molecule has 6 aromatic rings. The van der Waals surface area contributed by atoms with Crippen LogP contribution in [-0.4, -0.2) is 44.4 Å². The lowest BCUT2D eigenvalue weighted by Gasteiger charge is -2.12. The second-order valence-electron chi connectivity index (χ2n) is 11.2. The number of hydrogen-bond donors (Lipinski definition) is 6. The number of H-pyrrole nitrogens is 2. The Kier molecular flexibility index (Phi) is 11.1. The van der Waals surface area contributed by atoms with Crippen molar-refractivity contribution in [2.45, 2.75) is 18.8 Å². The van der Waals surface area contributed by atoms with Gasteiger partial charge in [0.25, 0.3) is 5.91 Å². The third-order valence-electron chi connectivity index (χ3n) is 7.54. The van der Waals surface area contributed by atoms with Crippen LogP contribution in [0.25, 0.3) is 21.8 Å². The van der Waals surface area contributed by atoms with E-state index in [1.807, 2.05) is 12.1 Å². The maximum Gasteiger partial charge on any atom is 0.416 e. The van der Waals surface area contributed by atoms with E-state index in [0.29, 0.717) is 38.0 Å². The molecule has 2 aromatic heterocycles. The molecule has 0 spiro atoms. The van der Waals surface area contributed by atoms with Crippen molar-refractivity contribution in [3.8, 4) is 11.8 Å². The largest absolute Gasteiger partial charge is 0.494 e. The van der Waals surface area contributed by atoms with Crippen LogP contribution in [0.15, 0.2) is 77.8 Å². The molecule has 0 aliphatic carbocycles. The van der Waals surface area contributed by atoms with E-state index >= 15 is 0 Å². The lowest BCUT2D eigenvalue weighted by molar-refractivity contribution is -0.143. The minimum Gasteiger partial charge on any atom is -0.494 e. The second-order valence-corrected chi connectivity index (χ2v) is 12.5. The zero-order chi connectivity index (χ0) is 38.8. The van der Waals surface area contributed by atoms with Crippen molar-refractivity contribution in [1.82, 2.24) is 9.97 Å². The molecule has 0 fully saturated rings. The second kappa shape index (κ2) is 15.2. The van der Waals surface area contributed by atoms with E-state index in [1.165, 1.54) is 18.2 Å². The molecule has 0 bridgehead atoms. The molecule has 6 N–H and O–H groups in total. The SMILES string of the molecule is N=Cc1c(O)[nH]c2ccc(Cl)cc12.O=C(N=Cc1c(O)[nH]c2ccc(Cl)cc12)c1cc(C(F)(F)F)cc(C(F)(F)F)c1.O=C1Cc2cc(Cl)ccc2N1. The van der Waals surface area contributed by atoms with Crippen LogP contribution in [0.2, 0.25) is 15.1 Å². The topological polar surface area (TPSA) is 154 Å². The first-order valence-corrected chi connectivity index (χ1v) is 15.9. The number of halogens is 9. The number of amides is 2. The molecule has 18 heteroatoms. The predicted molar refractivity (Wildman–Crippen MR) is 190 cm³/mol. The average Bonchev–Trinajstić information content (AvgIpc) is 3.72.